The second-order valence-corrected chi connectivity index (χ2v) is 11.5. The van der Waals surface area contributed by atoms with Crippen molar-refractivity contribution in [1.82, 2.24) is 0 Å². The number of hydrogen-bond donors (Lipinski definition) is 1. The average Bonchev–Trinajstić information content (AvgIpc) is 3.10. The Morgan fingerprint density at radius 1 is 0.318 bits per heavy atom. The van der Waals surface area contributed by atoms with E-state index in [2.05, 4.69) is 0 Å². The minimum absolute atomic E-state index is 0.412. The first-order chi connectivity index (χ1) is 21.6. The van der Waals surface area contributed by atoms with Gasteiger partial charge in [-0.05, 0) is 54.2 Å². The Morgan fingerprint density at radius 3 is 0.909 bits per heavy atom. The molecule has 0 unspecified atom stereocenters. The third kappa shape index (κ3) is 3.75. The molecule has 210 valence electrons. The zero-order valence-electron chi connectivity index (χ0n) is 24.0. The lowest BCUT2D eigenvalue weighted by atomic mass is 9.64. The minimum Gasteiger partial charge on any atom is -0.376 e. The highest BCUT2D eigenvalue weighted by Gasteiger charge is 2.58. The molecule has 1 nitrogen and oxygen atoms in total. The monoisotopic (exact) mass is 568 g/mol. The van der Waals surface area contributed by atoms with Crippen LogP contribution in [0, 0.1) is 0 Å². The number of benzene rings is 8. The first kappa shape index (κ1) is 26.3. The van der Waals surface area contributed by atoms with E-state index >= 15 is 4.39 Å². The van der Waals surface area contributed by atoms with E-state index in [9.17, 15) is 5.11 Å². The number of alkyl halides is 1. The Bertz CT molecular complexity index is 1990. The summed E-state index contributed by atoms with van der Waals surface area (Å²) in [6.07, 6.45) is 0. The van der Waals surface area contributed by atoms with Gasteiger partial charge in [0.1, 0.15) is 0 Å². The first-order valence-corrected chi connectivity index (χ1v) is 14.9. The quantitative estimate of drug-likeness (QED) is 0.219. The number of rotatable bonds is 5. The molecule has 1 N–H and O–H groups in total. The normalized spacial score (nSPS) is 12.3. The van der Waals surface area contributed by atoms with E-state index in [1.807, 2.05) is 170 Å². The number of halogens is 1. The molecule has 0 heterocycles. The number of aliphatic hydroxyl groups is 1. The van der Waals surface area contributed by atoms with Crippen molar-refractivity contribution < 1.29 is 9.50 Å². The second kappa shape index (κ2) is 10.2. The summed E-state index contributed by atoms with van der Waals surface area (Å²) in [6.45, 7) is 0. The second-order valence-electron chi connectivity index (χ2n) is 11.5. The largest absolute Gasteiger partial charge is 0.376 e. The van der Waals surface area contributed by atoms with Gasteiger partial charge in [0.05, 0.1) is 0 Å². The third-order valence-electron chi connectivity index (χ3n) is 9.18. The average molecular weight is 569 g/mol. The molecule has 8 aromatic rings. The molecule has 0 bridgehead atoms. The predicted octanol–water partition coefficient (Wildman–Crippen LogP) is 10.4. The van der Waals surface area contributed by atoms with E-state index < -0.39 is 11.3 Å². The lowest BCUT2D eigenvalue weighted by Crippen LogP contribution is -2.48. The van der Waals surface area contributed by atoms with E-state index in [0.29, 0.717) is 22.3 Å². The van der Waals surface area contributed by atoms with Crippen LogP contribution in [0.25, 0.3) is 43.1 Å². The number of fused-ring (bicyclic) bond motifs is 4. The molecular formula is C42H29FO. The molecular weight excluding hydrogens is 539 g/mol. The molecule has 0 fully saturated rings. The van der Waals surface area contributed by atoms with Crippen LogP contribution < -0.4 is 0 Å². The van der Waals surface area contributed by atoms with Gasteiger partial charge >= 0.3 is 0 Å². The van der Waals surface area contributed by atoms with Crippen LogP contribution in [0.15, 0.2) is 170 Å². The van der Waals surface area contributed by atoms with E-state index in [4.69, 9.17) is 0 Å². The van der Waals surface area contributed by atoms with Crippen molar-refractivity contribution >= 4 is 43.1 Å². The fourth-order valence-corrected chi connectivity index (χ4v) is 7.18. The summed E-state index contributed by atoms with van der Waals surface area (Å²) in [5.74, 6) is 0. The maximum Gasteiger partial charge on any atom is 0.199 e. The predicted molar refractivity (Wildman–Crippen MR) is 181 cm³/mol. The molecule has 0 atom stereocenters. The van der Waals surface area contributed by atoms with E-state index in [1.165, 1.54) is 0 Å². The van der Waals surface area contributed by atoms with Crippen LogP contribution in [0.1, 0.15) is 22.3 Å². The summed E-state index contributed by atoms with van der Waals surface area (Å²) in [7, 11) is 0. The van der Waals surface area contributed by atoms with Crippen LogP contribution in [0.4, 0.5) is 4.39 Å². The Kier molecular flexibility index (Phi) is 6.08. The molecule has 0 saturated carbocycles. The minimum atomic E-state index is -2.44. The molecule has 0 radical (unpaired) electrons. The zero-order valence-corrected chi connectivity index (χ0v) is 24.0. The molecule has 0 saturated heterocycles. The van der Waals surface area contributed by atoms with E-state index in [0.717, 1.165) is 43.1 Å². The Labute approximate surface area is 255 Å². The Morgan fingerprint density at radius 2 is 0.568 bits per heavy atom. The Balaban J connectivity index is 1.63. The van der Waals surface area contributed by atoms with Gasteiger partial charge in [-0.2, -0.15) is 0 Å². The van der Waals surface area contributed by atoms with Crippen LogP contribution in [-0.2, 0) is 11.3 Å². The van der Waals surface area contributed by atoms with Gasteiger partial charge in [-0.3, -0.25) is 0 Å². The fourth-order valence-electron chi connectivity index (χ4n) is 7.18. The van der Waals surface area contributed by atoms with Gasteiger partial charge in [0, 0.05) is 11.1 Å². The van der Waals surface area contributed by atoms with Gasteiger partial charge in [-0.15, -0.1) is 0 Å². The topological polar surface area (TPSA) is 20.2 Å². The van der Waals surface area contributed by atoms with Crippen LogP contribution in [0.5, 0.6) is 0 Å². The molecule has 0 spiro atoms. The highest BCUT2D eigenvalue weighted by Crippen LogP contribution is 2.57. The van der Waals surface area contributed by atoms with Crippen molar-refractivity contribution in [1.29, 1.82) is 0 Å². The zero-order chi connectivity index (χ0) is 29.7. The molecule has 44 heavy (non-hydrogen) atoms. The fraction of sp³-hybridized carbons (Fsp3) is 0.0476. The van der Waals surface area contributed by atoms with Gasteiger partial charge in [-0.1, -0.05) is 170 Å². The van der Waals surface area contributed by atoms with E-state index in [-0.39, 0.29) is 0 Å². The molecule has 0 aliphatic rings. The standard InChI is InChI=1S/C42H29FO/c43-41(37-25-9-17-29-13-1-5-21-33(29)37,38-26-10-18-30-14-2-6-22-34(30)38)42(44,39-27-11-19-31-15-3-7-23-35(31)39)40-28-12-20-32-16-4-8-24-36(32)40/h1-28,44H. The maximum absolute atomic E-state index is 19.9. The van der Waals surface area contributed by atoms with Gasteiger partial charge in [-0.25, -0.2) is 4.39 Å². The number of hydrogen-bond acceptors (Lipinski definition) is 1. The molecule has 8 rings (SSSR count). The smallest absolute Gasteiger partial charge is 0.199 e. The SMILES string of the molecule is OC(c1cccc2ccccc12)(c1cccc2ccccc12)C(F)(c1cccc2ccccc12)c1cccc2ccccc12. The van der Waals surface area contributed by atoms with Crippen molar-refractivity contribution in [2.45, 2.75) is 11.3 Å². The molecule has 0 aliphatic carbocycles. The van der Waals surface area contributed by atoms with Crippen molar-refractivity contribution in [3.63, 3.8) is 0 Å². The Hall–Kier alpha value is -5.31. The van der Waals surface area contributed by atoms with Crippen molar-refractivity contribution in [3.05, 3.63) is 192 Å². The molecule has 0 amide bonds. The lowest BCUT2D eigenvalue weighted by Gasteiger charge is -2.45. The maximum atomic E-state index is 19.9. The molecule has 0 aromatic heterocycles. The summed E-state index contributed by atoms with van der Waals surface area (Å²) < 4.78 is 19.9. The van der Waals surface area contributed by atoms with Gasteiger partial charge in [0.15, 0.2) is 11.3 Å². The van der Waals surface area contributed by atoms with Crippen LogP contribution in [0.2, 0.25) is 0 Å². The van der Waals surface area contributed by atoms with Gasteiger partial charge < -0.3 is 5.11 Å². The summed E-state index contributed by atoms with van der Waals surface area (Å²) in [5, 5.41) is 20.7. The van der Waals surface area contributed by atoms with Crippen molar-refractivity contribution in [2.75, 3.05) is 0 Å². The van der Waals surface area contributed by atoms with E-state index in [1.54, 1.807) is 0 Å². The summed E-state index contributed by atoms with van der Waals surface area (Å²) in [5.41, 5.74) is -2.76. The summed E-state index contributed by atoms with van der Waals surface area (Å²) in [4.78, 5) is 0. The van der Waals surface area contributed by atoms with Crippen molar-refractivity contribution in [2.24, 2.45) is 0 Å². The highest BCUT2D eigenvalue weighted by molar-refractivity contribution is 5.95. The molecule has 2 heteroatoms. The lowest BCUT2D eigenvalue weighted by molar-refractivity contribution is -0.0561. The third-order valence-corrected chi connectivity index (χ3v) is 9.18. The van der Waals surface area contributed by atoms with Crippen LogP contribution >= 0.6 is 0 Å². The van der Waals surface area contributed by atoms with Crippen LogP contribution in [-0.4, -0.2) is 5.11 Å². The van der Waals surface area contributed by atoms with Gasteiger partial charge in [0.2, 0.25) is 0 Å². The molecule has 8 aromatic carbocycles. The summed E-state index contributed by atoms with van der Waals surface area (Å²) in [6, 6.07) is 54.6. The first-order valence-electron chi connectivity index (χ1n) is 14.9. The van der Waals surface area contributed by atoms with Gasteiger partial charge in [0.25, 0.3) is 0 Å². The van der Waals surface area contributed by atoms with Crippen molar-refractivity contribution in [3.8, 4) is 0 Å². The molecule has 0 aliphatic heterocycles. The highest BCUT2D eigenvalue weighted by atomic mass is 19.1. The van der Waals surface area contributed by atoms with Crippen LogP contribution in [0.3, 0.4) is 0 Å². The summed E-state index contributed by atoms with van der Waals surface area (Å²) >= 11 is 0.